The van der Waals surface area contributed by atoms with Crippen molar-refractivity contribution in [3.8, 4) is 0 Å². The molecule has 1 saturated heterocycles. The molecular weight excluding hydrogens is 272 g/mol. The third-order valence-corrected chi connectivity index (χ3v) is 3.87. The van der Waals surface area contributed by atoms with Gasteiger partial charge in [-0.1, -0.05) is 29.8 Å². The minimum Gasteiger partial charge on any atom is -0.366 e. The summed E-state index contributed by atoms with van der Waals surface area (Å²) in [5, 5.41) is 4.08. The fourth-order valence-corrected chi connectivity index (χ4v) is 2.59. The SMILES string of the molecule is Clc1ccccc1CNc1cc(N2CCCC2)ncn1. The van der Waals surface area contributed by atoms with Crippen molar-refractivity contribution in [2.45, 2.75) is 19.4 Å². The van der Waals surface area contributed by atoms with Gasteiger partial charge in [0.05, 0.1) is 0 Å². The first kappa shape index (κ1) is 13.2. The number of hydrogen-bond acceptors (Lipinski definition) is 4. The molecule has 1 fully saturated rings. The van der Waals surface area contributed by atoms with Crippen LogP contribution in [0.3, 0.4) is 0 Å². The van der Waals surface area contributed by atoms with Gasteiger partial charge < -0.3 is 10.2 Å². The number of rotatable bonds is 4. The summed E-state index contributed by atoms with van der Waals surface area (Å²) >= 11 is 6.14. The molecule has 0 radical (unpaired) electrons. The zero-order chi connectivity index (χ0) is 13.8. The summed E-state index contributed by atoms with van der Waals surface area (Å²) in [7, 11) is 0. The summed E-state index contributed by atoms with van der Waals surface area (Å²) < 4.78 is 0. The Labute approximate surface area is 123 Å². The van der Waals surface area contributed by atoms with E-state index in [1.807, 2.05) is 30.3 Å². The second kappa shape index (κ2) is 6.09. The molecule has 1 aromatic carbocycles. The van der Waals surface area contributed by atoms with E-state index >= 15 is 0 Å². The van der Waals surface area contributed by atoms with E-state index in [2.05, 4.69) is 20.2 Å². The van der Waals surface area contributed by atoms with Gasteiger partial charge in [0.2, 0.25) is 0 Å². The third-order valence-electron chi connectivity index (χ3n) is 3.50. The minimum atomic E-state index is 0.663. The van der Waals surface area contributed by atoms with Crippen LogP contribution < -0.4 is 10.2 Å². The van der Waals surface area contributed by atoms with E-state index in [1.54, 1.807) is 6.33 Å². The summed E-state index contributed by atoms with van der Waals surface area (Å²) in [4.78, 5) is 10.9. The van der Waals surface area contributed by atoms with Gasteiger partial charge in [0, 0.05) is 30.7 Å². The van der Waals surface area contributed by atoms with Crippen molar-refractivity contribution in [1.82, 2.24) is 9.97 Å². The fourth-order valence-electron chi connectivity index (χ4n) is 2.39. The second-order valence-corrected chi connectivity index (χ2v) is 5.31. The lowest BCUT2D eigenvalue weighted by Gasteiger charge is -2.16. The highest BCUT2D eigenvalue weighted by molar-refractivity contribution is 6.31. The zero-order valence-corrected chi connectivity index (χ0v) is 12.0. The lowest BCUT2D eigenvalue weighted by Crippen LogP contribution is -2.19. The average molecular weight is 289 g/mol. The van der Waals surface area contributed by atoms with Crippen molar-refractivity contribution in [3.63, 3.8) is 0 Å². The summed E-state index contributed by atoms with van der Waals surface area (Å²) in [6.45, 7) is 2.83. The molecule has 1 N–H and O–H groups in total. The minimum absolute atomic E-state index is 0.663. The summed E-state index contributed by atoms with van der Waals surface area (Å²) in [5.41, 5.74) is 1.07. The van der Waals surface area contributed by atoms with Crippen molar-refractivity contribution >= 4 is 23.2 Å². The van der Waals surface area contributed by atoms with E-state index in [0.29, 0.717) is 6.54 Å². The molecular formula is C15H17ClN4. The molecule has 0 aliphatic carbocycles. The van der Waals surface area contributed by atoms with E-state index in [4.69, 9.17) is 11.6 Å². The lowest BCUT2D eigenvalue weighted by atomic mass is 10.2. The van der Waals surface area contributed by atoms with Crippen LogP contribution in [0, 0.1) is 0 Å². The van der Waals surface area contributed by atoms with Gasteiger partial charge in [-0.2, -0.15) is 0 Å². The van der Waals surface area contributed by atoms with Gasteiger partial charge in [-0.3, -0.25) is 0 Å². The highest BCUT2D eigenvalue weighted by atomic mass is 35.5. The predicted molar refractivity (Wildman–Crippen MR) is 82.3 cm³/mol. The number of anilines is 2. The maximum absolute atomic E-state index is 6.14. The predicted octanol–water partition coefficient (Wildman–Crippen LogP) is 3.34. The zero-order valence-electron chi connectivity index (χ0n) is 11.2. The van der Waals surface area contributed by atoms with Crippen LogP contribution in [0.25, 0.3) is 0 Å². The molecule has 4 nitrogen and oxygen atoms in total. The molecule has 1 aliphatic heterocycles. The highest BCUT2D eigenvalue weighted by Crippen LogP contribution is 2.20. The Hall–Kier alpha value is -1.81. The average Bonchev–Trinajstić information content (AvgIpc) is 3.01. The molecule has 0 unspecified atom stereocenters. The van der Waals surface area contributed by atoms with Gasteiger partial charge in [-0.05, 0) is 24.5 Å². The van der Waals surface area contributed by atoms with Crippen LogP contribution in [0.1, 0.15) is 18.4 Å². The first-order valence-corrected chi connectivity index (χ1v) is 7.25. The molecule has 104 valence electrons. The van der Waals surface area contributed by atoms with Crippen molar-refractivity contribution in [3.05, 3.63) is 47.2 Å². The normalized spacial score (nSPS) is 14.6. The Balaban J connectivity index is 1.68. The number of halogens is 1. The van der Waals surface area contributed by atoms with Gasteiger partial charge in [-0.25, -0.2) is 9.97 Å². The van der Waals surface area contributed by atoms with Crippen LogP contribution in [0.15, 0.2) is 36.7 Å². The van der Waals surface area contributed by atoms with E-state index in [0.717, 1.165) is 35.3 Å². The van der Waals surface area contributed by atoms with Gasteiger partial charge in [0.25, 0.3) is 0 Å². The smallest absolute Gasteiger partial charge is 0.134 e. The second-order valence-electron chi connectivity index (χ2n) is 4.90. The van der Waals surface area contributed by atoms with Crippen molar-refractivity contribution in [2.24, 2.45) is 0 Å². The maximum atomic E-state index is 6.14. The van der Waals surface area contributed by atoms with Crippen LogP contribution in [0.4, 0.5) is 11.6 Å². The Kier molecular flexibility index (Phi) is 4.02. The topological polar surface area (TPSA) is 41.0 Å². The van der Waals surface area contributed by atoms with Gasteiger partial charge in [-0.15, -0.1) is 0 Å². The van der Waals surface area contributed by atoms with Crippen LogP contribution >= 0.6 is 11.6 Å². The largest absolute Gasteiger partial charge is 0.366 e. The number of aromatic nitrogens is 2. The van der Waals surface area contributed by atoms with Crippen molar-refractivity contribution in [2.75, 3.05) is 23.3 Å². The Morgan fingerprint density at radius 2 is 1.95 bits per heavy atom. The lowest BCUT2D eigenvalue weighted by molar-refractivity contribution is 0.925. The fraction of sp³-hybridized carbons (Fsp3) is 0.333. The first-order valence-electron chi connectivity index (χ1n) is 6.87. The van der Waals surface area contributed by atoms with Gasteiger partial charge in [0.15, 0.2) is 0 Å². The Morgan fingerprint density at radius 1 is 1.15 bits per heavy atom. The standard InChI is InChI=1S/C15H17ClN4/c16-13-6-2-1-5-12(13)10-17-14-9-15(19-11-18-14)20-7-3-4-8-20/h1-2,5-6,9,11H,3-4,7-8,10H2,(H,17,18,19). The van der Waals surface area contributed by atoms with E-state index < -0.39 is 0 Å². The molecule has 2 aromatic rings. The van der Waals surface area contributed by atoms with E-state index in [9.17, 15) is 0 Å². The summed E-state index contributed by atoms with van der Waals surface area (Å²) in [6, 6.07) is 9.83. The van der Waals surface area contributed by atoms with Crippen LogP contribution in [0.2, 0.25) is 5.02 Å². The molecule has 0 saturated carbocycles. The molecule has 0 atom stereocenters. The highest BCUT2D eigenvalue weighted by Gasteiger charge is 2.13. The molecule has 3 rings (SSSR count). The molecule has 0 spiro atoms. The summed E-state index contributed by atoms with van der Waals surface area (Å²) in [6.07, 6.45) is 4.10. The Bertz CT molecular complexity index is 582. The monoisotopic (exact) mass is 288 g/mol. The first-order chi connectivity index (χ1) is 9.83. The quantitative estimate of drug-likeness (QED) is 0.937. The molecule has 1 aromatic heterocycles. The number of nitrogens with zero attached hydrogens (tertiary/aromatic N) is 3. The molecule has 2 heterocycles. The number of benzene rings is 1. The Morgan fingerprint density at radius 3 is 2.75 bits per heavy atom. The van der Waals surface area contributed by atoms with E-state index in [1.165, 1.54) is 12.8 Å². The van der Waals surface area contributed by atoms with Crippen LogP contribution in [-0.2, 0) is 6.54 Å². The van der Waals surface area contributed by atoms with Crippen LogP contribution in [-0.4, -0.2) is 23.1 Å². The third kappa shape index (κ3) is 3.02. The molecule has 0 bridgehead atoms. The number of hydrogen-bond donors (Lipinski definition) is 1. The maximum Gasteiger partial charge on any atom is 0.134 e. The summed E-state index contributed by atoms with van der Waals surface area (Å²) in [5.74, 6) is 1.83. The molecule has 1 aliphatic rings. The van der Waals surface area contributed by atoms with Gasteiger partial charge >= 0.3 is 0 Å². The molecule has 5 heteroatoms. The van der Waals surface area contributed by atoms with Gasteiger partial charge in [0.1, 0.15) is 18.0 Å². The number of nitrogens with one attached hydrogen (secondary N) is 1. The van der Waals surface area contributed by atoms with Crippen molar-refractivity contribution < 1.29 is 0 Å². The van der Waals surface area contributed by atoms with Crippen LogP contribution in [0.5, 0.6) is 0 Å². The molecule has 20 heavy (non-hydrogen) atoms. The van der Waals surface area contributed by atoms with Crippen molar-refractivity contribution in [1.29, 1.82) is 0 Å². The van der Waals surface area contributed by atoms with E-state index in [-0.39, 0.29) is 0 Å². The molecule has 0 amide bonds.